The number of carbonyl (C=O) groups is 1. The molecule has 0 bridgehead atoms. The van der Waals surface area contributed by atoms with E-state index in [1.54, 1.807) is 0 Å². The maximum absolute atomic E-state index is 12.3. The Kier molecular flexibility index (Phi) is 2.97. The Bertz CT molecular complexity index is 432. The summed E-state index contributed by atoms with van der Waals surface area (Å²) in [4.78, 5) is 22.2. The van der Waals surface area contributed by atoms with Gasteiger partial charge in [0.05, 0.1) is 12.4 Å². The lowest BCUT2D eigenvalue weighted by molar-refractivity contribution is 0.0645. The molecule has 3 N–H and O–H groups in total. The highest BCUT2D eigenvalue weighted by atomic mass is 16.2. The topological polar surface area (TPSA) is 84.1 Å². The number of anilines is 1. The van der Waals surface area contributed by atoms with E-state index in [0.717, 1.165) is 19.4 Å². The Morgan fingerprint density at radius 1 is 1.53 bits per heavy atom. The number of nitrogens with two attached hydrogens (primary N) is 1. The van der Waals surface area contributed by atoms with E-state index in [0.29, 0.717) is 11.5 Å². The molecule has 0 aromatic carbocycles. The lowest BCUT2D eigenvalue weighted by atomic mass is 10.0. The van der Waals surface area contributed by atoms with Crippen LogP contribution in [0.1, 0.15) is 37.2 Å². The fraction of sp³-hybridized carbons (Fsp3) is 0.545. The van der Waals surface area contributed by atoms with Crippen LogP contribution in [0.25, 0.3) is 0 Å². The minimum absolute atomic E-state index is 0.0860. The summed E-state index contributed by atoms with van der Waals surface area (Å²) < 4.78 is 0. The third-order valence-electron chi connectivity index (χ3n) is 3.15. The molecule has 1 amide bonds. The second kappa shape index (κ2) is 4.29. The number of nitrogens with one attached hydrogen (secondary N) is 1. The van der Waals surface area contributed by atoms with E-state index in [2.05, 4.69) is 29.2 Å². The Balaban J connectivity index is 2.25. The number of nitrogen functional groups attached to an aromatic ring is 1. The van der Waals surface area contributed by atoms with Gasteiger partial charge in [-0.05, 0) is 26.7 Å². The fourth-order valence-corrected chi connectivity index (χ4v) is 2.16. The van der Waals surface area contributed by atoms with Gasteiger partial charge in [0.15, 0.2) is 5.82 Å². The van der Waals surface area contributed by atoms with Crippen molar-refractivity contribution in [2.24, 2.45) is 5.84 Å². The zero-order valence-electron chi connectivity index (χ0n) is 10.1. The summed E-state index contributed by atoms with van der Waals surface area (Å²) >= 11 is 0. The first-order valence-electron chi connectivity index (χ1n) is 5.65. The van der Waals surface area contributed by atoms with Gasteiger partial charge < -0.3 is 10.3 Å². The predicted molar refractivity (Wildman–Crippen MR) is 64.2 cm³/mol. The van der Waals surface area contributed by atoms with Crippen molar-refractivity contribution in [3.8, 4) is 0 Å². The van der Waals surface area contributed by atoms with E-state index in [-0.39, 0.29) is 11.4 Å². The number of rotatable bonds is 2. The molecule has 17 heavy (non-hydrogen) atoms. The Morgan fingerprint density at radius 3 is 2.88 bits per heavy atom. The van der Waals surface area contributed by atoms with Crippen molar-refractivity contribution in [2.45, 2.75) is 32.2 Å². The average Bonchev–Trinajstić information content (AvgIpc) is 2.68. The van der Waals surface area contributed by atoms with E-state index in [1.807, 2.05) is 4.90 Å². The molecule has 1 aliphatic rings. The number of aromatic nitrogens is 2. The molecule has 0 unspecified atom stereocenters. The summed E-state index contributed by atoms with van der Waals surface area (Å²) in [5.74, 6) is 5.56. The maximum atomic E-state index is 12.3. The molecule has 0 radical (unpaired) electrons. The molecule has 1 aliphatic heterocycles. The molecule has 1 aromatic rings. The van der Waals surface area contributed by atoms with Gasteiger partial charge in [-0.2, -0.15) is 0 Å². The molecule has 0 aliphatic carbocycles. The molecule has 6 nitrogen and oxygen atoms in total. The van der Waals surface area contributed by atoms with Gasteiger partial charge in [-0.25, -0.2) is 10.8 Å². The monoisotopic (exact) mass is 235 g/mol. The van der Waals surface area contributed by atoms with Crippen molar-refractivity contribution in [1.82, 2.24) is 14.9 Å². The Morgan fingerprint density at radius 2 is 2.29 bits per heavy atom. The highest BCUT2D eigenvalue weighted by molar-refractivity contribution is 5.93. The van der Waals surface area contributed by atoms with Gasteiger partial charge in [0.25, 0.3) is 5.91 Å². The van der Waals surface area contributed by atoms with Gasteiger partial charge >= 0.3 is 0 Å². The lowest BCUT2D eigenvalue weighted by Gasteiger charge is -2.31. The summed E-state index contributed by atoms with van der Waals surface area (Å²) in [5.41, 5.74) is 2.61. The molecular weight excluding hydrogens is 218 g/mol. The summed E-state index contributed by atoms with van der Waals surface area (Å²) in [6.45, 7) is 4.90. The summed E-state index contributed by atoms with van der Waals surface area (Å²) in [7, 11) is 0. The Labute approximate surface area is 100 Å². The number of hydrogen-bond acceptors (Lipinski definition) is 5. The maximum Gasteiger partial charge on any atom is 0.274 e. The minimum Gasteiger partial charge on any atom is -0.332 e. The molecular formula is C11H17N5O. The van der Waals surface area contributed by atoms with Crippen LogP contribution in [0.4, 0.5) is 5.82 Å². The van der Waals surface area contributed by atoms with E-state index in [1.165, 1.54) is 12.4 Å². The highest BCUT2D eigenvalue weighted by Gasteiger charge is 2.36. The number of likely N-dealkylation sites (tertiary alicyclic amines) is 1. The SMILES string of the molecule is CC1(C)CCCN1C(=O)c1cncc(NN)n1. The third-order valence-corrected chi connectivity index (χ3v) is 3.15. The normalized spacial score (nSPS) is 18.2. The van der Waals surface area contributed by atoms with Crippen molar-refractivity contribution in [3.63, 3.8) is 0 Å². The van der Waals surface area contributed by atoms with Crippen LogP contribution in [-0.4, -0.2) is 32.9 Å². The van der Waals surface area contributed by atoms with E-state index < -0.39 is 0 Å². The number of nitrogens with zero attached hydrogens (tertiary/aromatic N) is 3. The fourth-order valence-electron chi connectivity index (χ4n) is 2.16. The molecule has 6 heteroatoms. The summed E-state index contributed by atoms with van der Waals surface area (Å²) in [5, 5.41) is 0. The van der Waals surface area contributed by atoms with Crippen molar-refractivity contribution in [1.29, 1.82) is 0 Å². The zero-order valence-corrected chi connectivity index (χ0v) is 10.1. The van der Waals surface area contributed by atoms with Gasteiger partial charge in [0.2, 0.25) is 0 Å². The molecule has 1 fully saturated rings. The van der Waals surface area contributed by atoms with E-state index >= 15 is 0 Å². The number of hydrogen-bond donors (Lipinski definition) is 2. The predicted octanol–water partition coefficient (Wildman–Crippen LogP) is 0.777. The lowest BCUT2D eigenvalue weighted by Crippen LogP contribution is -2.43. The van der Waals surface area contributed by atoms with Gasteiger partial charge in [-0.15, -0.1) is 0 Å². The molecule has 2 rings (SSSR count). The van der Waals surface area contributed by atoms with Crippen molar-refractivity contribution in [2.75, 3.05) is 12.0 Å². The first-order chi connectivity index (χ1) is 8.04. The Hall–Kier alpha value is -1.69. The average molecular weight is 235 g/mol. The largest absolute Gasteiger partial charge is 0.332 e. The van der Waals surface area contributed by atoms with Crippen molar-refractivity contribution < 1.29 is 4.79 Å². The molecule has 0 spiro atoms. The van der Waals surface area contributed by atoms with Crippen LogP contribution < -0.4 is 11.3 Å². The quantitative estimate of drug-likeness (QED) is 0.584. The smallest absolute Gasteiger partial charge is 0.274 e. The van der Waals surface area contributed by atoms with Crippen LogP contribution in [0.2, 0.25) is 0 Å². The number of hydrazine groups is 1. The molecule has 0 atom stereocenters. The first-order valence-corrected chi connectivity index (χ1v) is 5.65. The molecule has 2 heterocycles. The standard InChI is InChI=1S/C11H17N5O/c1-11(2)4-3-5-16(11)10(17)8-6-13-7-9(14-8)15-12/h6-7H,3-5,12H2,1-2H3,(H,14,15). The van der Waals surface area contributed by atoms with Gasteiger partial charge in [-0.1, -0.05) is 0 Å². The second-order valence-corrected chi connectivity index (χ2v) is 4.81. The van der Waals surface area contributed by atoms with E-state index in [4.69, 9.17) is 5.84 Å². The van der Waals surface area contributed by atoms with Gasteiger partial charge in [0, 0.05) is 12.1 Å². The third kappa shape index (κ3) is 2.21. The van der Waals surface area contributed by atoms with Crippen LogP contribution in [0.3, 0.4) is 0 Å². The number of amides is 1. The first kappa shape index (κ1) is 11.8. The zero-order chi connectivity index (χ0) is 12.5. The van der Waals surface area contributed by atoms with Crippen LogP contribution in [-0.2, 0) is 0 Å². The van der Waals surface area contributed by atoms with E-state index in [9.17, 15) is 4.79 Å². The second-order valence-electron chi connectivity index (χ2n) is 4.81. The van der Waals surface area contributed by atoms with Crippen molar-refractivity contribution in [3.05, 3.63) is 18.1 Å². The van der Waals surface area contributed by atoms with Crippen molar-refractivity contribution >= 4 is 11.7 Å². The minimum atomic E-state index is -0.106. The van der Waals surface area contributed by atoms with Gasteiger partial charge in [-0.3, -0.25) is 9.78 Å². The van der Waals surface area contributed by atoms with Crippen LogP contribution in [0.15, 0.2) is 12.4 Å². The summed E-state index contributed by atoms with van der Waals surface area (Å²) in [6, 6.07) is 0. The van der Waals surface area contributed by atoms with Crippen LogP contribution in [0, 0.1) is 0 Å². The molecule has 1 aromatic heterocycles. The number of carbonyl (C=O) groups excluding carboxylic acids is 1. The molecule has 92 valence electrons. The summed E-state index contributed by atoms with van der Waals surface area (Å²) in [6.07, 6.45) is 4.99. The van der Waals surface area contributed by atoms with Crippen LogP contribution >= 0.6 is 0 Å². The highest BCUT2D eigenvalue weighted by Crippen LogP contribution is 2.29. The molecule has 1 saturated heterocycles. The molecule has 0 saturated carbocycles. The van der Waals surface area contributed by atoms with Crippen LogP contribution in [0.5, 0.6) is 0 Å². The van der Waals surface area contributed by atoms with Gasteiger partial charge in [0.1, 0.15) is 5.69 Å².